The van der Waals surface area contributed by atoms with Gasteiger partial charge in [-0.05, 0) is 39.8 Å². The highest BCUT2D eigenvalue weighted by Gasteiger charge is 2.18. The van der Waals surface area contributed by atoms with Crippen LogP contribution in [0.2, 0.25) is 0 Å². The third-order valence-electron chi connectivity index (χ3n) is 2.39. The lowest BCUT2D eigenvalue weighted by atomic mass is 10.2. The van der Waals surface area contributed by atoms with Gasteiger partial charge in [-0.3, -0.25) is 4.79 Å². The van der Waals surface area contributed by atoms with Gasteiger partial charge < -0.3 is 14.7 Å². The number of nitrogens with zero attached hydrogens (tertiary/aromatic N) is 1. The van der Waals surface area contributed by atoms with Gasteiger partial charge in [-0.2, -0.15) is 0 Å². The number of benzene rings is 1. The van der Waals surface area contributed by atoms with E-state index < -0.39 is 0 Å². The van der Waals surface area contributed by atoms with Crippen LogP contribution in [-0.4, -0.2) is 29.8 Å². The van der Waals surface area contributed by atoms with Crippen LogP contribution in [0.25, 0.3) is 0 Å². The number of hydrogen-bond donors (Lipinski definition) is 1. The van der Waals surface area contributed by atoms with Crippen LogP contribution < -0.4 is 4.90 Å². The smallest absolute Gasteiger partial charge is 0.252 e. The van der Waals surface area contributed by atoms with Crippen molar-refractivity contribution in [3.63, 3.8) is 0 Å². The molecule has 0 radical (unpaired) electrons. The first kappa shape index (κ1) is 14.5. The van der Waals surface area contributed by atoms with Crippen molar-refractivity contribution in [3.8, 4) is 5.75 Å². The summed E-state index contributed by atoms with van der Waals surface area (Å²) in [5.41, 5.74) is 0.341. The molecule has 0 bridgehead atoms. The summed E-state index contributed by atoms with van der Waals surface area (Å²) in [5.74, 6) is 0.0357. The minimum Gasteiger partial charge on any atom is -0.508 e. The molecule has 0 saturated carbocycles. The van der Waals surface area contributed by atoms with Gasteiger partial charge >= 0.3 is 0 Å². The van der Waals surface area contributed by atoms with Gasteiger partial charge in [0.05, 0.1) is 5.60 Å². The molecule has 1 amide bonds. The Bertz CT molecular complexity index is 410. The number of phenolic OH excluding ortho intramolecular Hbond substituents is 1. The van der Waals surface area contributed by atoms with Gasteiger partial charge in [-0.1, -0.05) is 6.07 Å². The second kappa shape index (κ2) is 5.87. The van der Waals surface area contributed by atoms with Crippen molar-refractivity contribution in [1.82, 2.24) is 0 Å². The third kappa shape index (κ3) is 4.37. The molecule has 18 heavy (non-hydrogen) atoms. The fourth-order valence-electron chi connectivity index (χ4n) is 1.52. The Labute approximate surface area is 108 Å². The SMILES string of the molecule is CCN(C(=O)COC(C)(C)C)c1cccc(O)c1. The first-order valence-electron chi connectivity index (χ1n) is 6.07. The zero-order chi connectivity index (χ0) is 13.8. The summed E-state index contributed by atoms with van der Waals surface area (Å²) in [4.78, 5) is 13.6. The molecule has 0 aromatic heterocycles. The van der Waals surface area contributed by atoms with E-state index in [0.29, 0.717) is 12.2 Å². The maximum absolute atomic E-state index is 12.1. The molecule has 1 N–H and O–H groups in total. The van der Waals surface area contributed by atoms with Crippen LogP contribution in [0.1, 0.15) is 27.7 Å². The summed E-state index contributed by atoms with van der Waals surface area (Å²) in [7, 11) is 0. The average Bonchev–Trinajstić information content (AvgIpc) is 2.26. The molecule has 0 fully saturated rings. The van der Waals surface area contributed by atoms with Crippen molar-refractivity contribution in [2.45, 2.75) is 33.3 Å². The number of amides is 1. The number of aromatic hydroxyl groups is 1. The fraction of sp³-hybridized carbons (Fsp3) is 0.500. The number of hydrogen-bond acceptors (Lipinski definition) is 3. The van der Waals surface area contributed by atoms with Gasteiger partial charge in [0.15, 0.2) is 0 Å². The van der Waals surface area contributed by atoms with Crippen LogP contribution >= 0.6 is 0 Å². The van der Waals surface area contributed by atoms with Crippen molar-refractivity contribution >= 4 is 11.6 Å². The minimum absolute atomic E-state index is 0.0347. The zero-order valence-corrected chi connectivity index (χ0v) is 11.4. The number of carbonyl (C=O) groups is 1. The molecule has 0 spiro atoms. The molecule has 100 valence electrons. The zero-order valence-electron chi connectivity index (χ0n) is 11.4. The Morgan fingerprint density at radius 3 is 2.56 bits per heavy atom. The van der Waals surface area contributed by atoms with E-state index in [1.165, 1.54) is 0 Å². The van der Waals surface area contributed by atoms with E-state index in [1.807, 2.05) is 27.7 Å². The minimum atomic E-state index is -0.339. The Morgan fingerprint density at radius 1 is 1.39 bits per heavy atom. The van der Waals surface area contributed by atoms with Gasteiger partial charge in [0.2, 0.25) is 0 Å². The van der Waals surface area contributed by atoms with E-state index in [2.05, 4.69) is 0 Å². The number of anilines is 1. The molecule has 0 aliphatic carbocycles. The van der Waals surface area contributed by atoms with E-state index in [0.717, 1.165) is 0 Å². The van der Waals surface area contributed by atoms with E-state index in [4.69, 9.17) is 4.74 Å². The molecule has 1 aromatic carbocycles. The molecule has 4 heteroatoms. The largest absolute Gasteiger partial charge is 0.508 e. The monoisotopic (exact) mass is 251 g/mol. The quantitative estimate of drug-likeness (QED) is 0.894. The van der Waals surface area contributed by atoms with E-state index in [-0.39, 0.29) is 23.9 Å². The Hall–Kier alpha value is -1.55. The second-order valence-corrected chi connectivity index (χ2v) is 5.06. The summed E-state index contributed by atoms with van der Waals surface area (Å²) < 4.78 is 5.47. The number of phenols is 1. The van der Waals surface area contributed by atoms with E-state index >= 15 is 0 Å². The van der Waals surface area contributed by atoms with Crippen LogP contribution in [0.3, 0.4) is 0 Å². The highest BCUT2D eigenvalue weighted by atomic mass is 16.5. The topological polar surface area (TPSA) is 49.8 Å². The Morgan fingerprint density at radius 2 is 2.06 bits per heavy atom. The van der Waals surface area contributed by atoms with Gasteiger partial charge in [0.1, 0.15) is 12.4 Å². The van der Waals surface area contributed by atoms with Crippen molar-refractivity contribution in [2.75, 3.05) is 18.1 Å². The number of ether oxygens (including phenoxy) is 1. The van der Waals surface area contributed by atoms with E-state index in [9.17, 15) is 9.90 Å². The average molecular weight is 251 g/mol. The predicted octanol–water partition coefficient (Wildman–Crippen LogP) is 2.56. The molecule has 0 aliphatic rings. The number of likely N-dealkylation sites (N-methyl/N-ethyl adjacent to an activating group) is 1. The van der Waals surface area contributed by atoms with Gasteiger partial charge in [0, 0.05) is 18.3 Å². The lowest BCUT2D eigenvalue weighted by Crippen LogP contribution is -2.36. The molecule has 0 aliphatic heterocycles. The molecular weight excluding hydrogens is 230 g/mol. The first-order valence-corrected chi connectivity index (χ1v) is 6.07. The van der Waals surface area contributed by atoms with Crippen molar-refractivity contribution < 1.29 is 14.6 Å². The fourth-order valence-corrected chi connectivity index (χ4v) is 1.52. The summed E-state index contributed by atoms with van der Waals surface area (Å²) in [6, 6.07) is 6.65. The molecule has 0 saturated heterocycles. The normalized spacial score (nSPS) is 11.3. The molecule has 1 rings (SSSR count). The van der Waals surface area contributed by atoms with Crippen molar-refractivity contribution in [2.24, 2.45) is 0 Å². The van der Waals surface area contributed by atoms with Crippen LogP contribution in [0.4, 0.5) is 5.69 Å². The van der Waals surface area contributed by atoms with Gasteiger partial charge in [0.25, 0.3) is 5.91 Å². The molecule has 0 atom stereocenters. The van der Waals surface area contributed by atoms with Crippen molar-refractivity contribution in [1.29, 1.82) is 0 Å². The van der Waals surface area contributed by atoms with Gasteiger partial charge in [-0.15, -0.1) is 0 Å². The highest BCUT2D eigenvalue weighted by Crippen LogP contribution is 2.20. The predicted molar refractivity (Wildman–Crippen MR) is 71.8 cm³/mol. The van der Waals surface area contributed by atoms with Crippen LogP contribution in [0.15, 0.2) is 24.3 Å². The molecule has 0 heterocycles. The number of carbonyl (C=O) groups excluding carboxylic acids is 1. The lowest BCUT2D eigenvalue weighted by molar-refractivity contribution is -0.127. The summed E-state index contributed by atoms with van der Waals surface area (Å²) in [6.45, 7) is 8.18. The van der Waals surface area contributed by atoms with Crippen LogP contribution in [0.5, 0.6) is 5.75 Å². The number of rotatable bonds is 4. The van der Waals surface area contributed by atoms with Crippen LogP contribution in [0, 0.1) is 0 Å². The maximum Gasteiger partial charge on any atom is 0.252 e. The standard InChI is InChI=1S/C14H21NO3/c1-5-15(11-7-6-8-12(16)9-11)13(17)10-18-14(2,3)4/h6-9,16H,5,10H2,1-4H3. The first-order chi connectivity index (χ1) is 8.33. The Kier molecular flexibility index (Phi) is 4.73. The maximum atomic E-state index is 12.1. The lowest BCUT2D eigenvalue weighted by Gasteiger charge is -2.24. The summed E-state index contributed by atoms with van der Waals surface area (Å²) >= 11 is 0. The Balaban J connectivity index is 2.75. The van der Waals surface area contributed by atoms with Gasteiger partial charge in [-0.25, -0.2) is 0 Å². The van der Waals surface area contributed by atoms with Crippen LogP contribution in [-0.2, 0) is 9.53 Å². The molecule has 4 nitrogen and oxygen atoms in total. The van der Waals surface area contributed by atoms with Crippen molar-refractivity contribution in [3.05, 3.63) is 24.3 Å². The summed E-state index contributed by atoms with van der Waals surface area (Å²) in [5, 5.41) is 9.43. The highest BCUT2D eigenvalue weighted by molar-refractivity contribution is 5.94. The second-order valence-electron chi connectivity index (χ2n) is 5.06. The third-order valence-corrected chi connectivity index (χ3v) is 2.39. The molecule has 0 unspecified atom stereocenters. The molecule has 1 aromatic rings. The summed E-state index contributed by atoms with van der Waals surface area (Å²) in [6.07, 6.45) is 0. The van der Waals surface area contributed by atoms with E-state index in [1.54, 1.807) is 29.2 Å². The molecular formula is C14H21NO3.